The number of carbonyl (C=O) groups excluding carboxylic acids is 1. The zero-order valence-corrected chi connectivity index (χ0v) is 27.1. The highest BCUT2D eigenvalue weighted by Gasteiger charge is 2.21. The van der Waals surface area contributed by atoms with Crippen molar-refractivity contribution >= 4 is 39.9 Å². The lowest BCUT2D eigenvalue weighted by Gasteiger charge is -2.26. The number of fused-ring (bicyclic) bond motifs is 1. The number of nitrogens with zero attached hydrogens (tertiary/aromatic N) is 5. The molecule has 3 aromatic carbocycles. The number of aromatic hydroxyl groups is 1. The average molecular weight is 645 g/mol. The van der Waals surface area contributed by atoms with Crippen LogP contribution in [0.25, 0.3) is 45.0 Å². The molecule has 0 saturated carbocycles. The van der Waals surface area contributed by atoms with Gasteiger partial charge in [-0.3, -0.25) is 4.79 Å². The Hall–Kier alpha value is -6.14. The zero-order chi connectivity index (χ0) is 33.8. The van der Waals surface area contributed by atoms with E-state index in [0.717, 1.165) is 28.8 Å². The Labute approximate surface area is 277 Å². The van der Waals surface area contributed by atoms with Gasteiger partial charge in [0, 0.05) is 43.4 Å². The third-order valence-electron chi connectivity index (χ3n) is 7.81. The monoisotopic (exact) mass is 644 g/mol. The molecule has 12 heteroatoms. The summed E-state index contributed by atoms with van der Waals surface area (Å²) in [7, 11) is 7.55. The summed E-state index contributed by atoms with van der Waals surface area (Å²) in [5.74, 6) is 1.04. The van der Waals surface area contributed by atoms with Crippen LogP contribution < -0.4 is 20.3 Å². The molecule has 48 heavy (non-hydrogen) atoms. The number of hydrogen-bond acceptors (Lipinski definition) is 10. The molecule has 0 aliphatic rings. The molecule has 6 aromatic rings. The predicted octanol–water partition coefficient (Wildman–Crippen LogP) is 6.53. The van der Waals surface area contributed by atoms with E-state index in [4.69, 9.17) is 19.1 Å². The van der Waals surface area contributed by atoms with Crippen molar-refractivity contribution in [2.24, 2.45) is 0 Å². The Morgan fingerprint density at radius 3 is 2.65 bits per heavy atom. The number of nitrogens with one attached hydrogen (secondary N) is 3. The van der Waals surface area contributed by atoms with Crippen LogP contribution in [0.4, 0.5) is 23.0 Å². The third-order valence-corrected chi connectivity index (χ3v) is 7.81. The second-order valence-corrected chi connectivity index (χ2v) is 11.4. The van der Waals surface area contributed by atoms with E-state index in [1.807, 2.05) is 62.4 Å². The van der Waals surface area contributed by atoms with Crippen LogP contribution in [0.5, 0.6) is 11.5 Å². The van der Waals surface area contributed by atoms with Crippen molar-refractivity contribution in [2.75, 3.05) is 56.9 Å². The van der Waals surface area contributed by atoms with Crippen LogP contribution in [0.15, 0.2) is 96.3 Å². The van der Waals surface area contributed by atoms with Crippen LogP contribution >= 0.6 is 0 Å². The van der Waals surface area contributed by atoms with E-state index in [-0.39, 0.29) is 17.6 Å². The summed E-state index contributed by atoms with van der Waals surface area (Å²) < 4.78 is 11.4. The standard InChI is InChI=1S/C36H36N8O4/c1-6-32(46)38-26-20-27(31(47-5)21-28(26)44(4)17-16-43(2)3)40-36-37-15-13-25(39-36)34-33(23-12-11-22-14-18-48-30(22)19-23)41-35(42-34)24-9-7-8-10-29(24)45/h6-15,18-21,45H,1,16-17H2,2-5H3,(H,38,46)(H,41,42)(H,37,39,40). The van der Waals surface area contributed by atoms with Crippen molar-refractivity contribution in [2.45, 2.75) is 0 Å². The SMILES string of the molecule is C=CC(=O)Nc1cc(Nc2nccc(-c3[nH]c(-c4ccccc4O)nc3-c3ccc4ccoc4c3)n2)c(OC)cc1N(C)CCN(C)C. The molecule has 6 rings (SSSR count). The van der Waals surface area contributed by atoms with Gasteiger partial charge in [0.15, 0.2) is 0 Å². The first kappa shape index (κ1) is 31.8. The predicted molar refractivity (Wildman–Crippen MR) is 189 cm³/mol. The normalized spacial score (nSPS) is 11.1. The molecule has 244 valence electrons. The van der Waals surface area contributed by atoms with Crippen molar-refractivity contribution in [1.29, 1.82) is 0 Å². The third kappa shape index (κ3) is 6.69. The summed E-state index contributed by atoms with van der Waals surface area (Å²) in [5, 5.41) is 17.8. The van der Waals surface area contributed by atoms with Crippen LogP contribution in [0, 0.1) is 0 Å². The highest BCUT2D eigenvalue weighted by atomic mass is 16.5. The van der Waals surface area contributed by atoms with E-state index in [2.05, 4.69) is 32.1 Å². The van der Waals surface area contributed by atoms with Crippen molar-refractivity contribution in [1.82, 2.24) is 24.8 Å². The number of likely N-dealkylation sites (N-methyl/N-ethyl adjacent to an activating group) is 2. The highest BCUT2D eigenvalue weighted by molar-refractivity contribution is 6.02. The minimum Gasteiger partial charge on any atom is -0.507 e. The molecular formula is C36H36N8O4. The van der Waals surface area contributed by atoms with Gasteiger partial charge in [0.25, 0.3) is 0 Å². The van der Waals surface area contributed by atoms with Gasteiger partial charge in [-0.25, -0.2) is 15.0 Å². The summed E-state index contributed by atoms with van der Waals surface area (Å²) in [4.78, 5) is 34.1. The quantitative estimate of drug-likeness (QED) is 0.109. The first-order valence-electron chi connectivity index (χ1n) is 15.2. The van der Waals surface area contributed by atoms with Gasteiger partial charge in [-0.1, -0.05) is 30.8 Å². The number of amides is 1. The highest BCUT2D eigenvalue weighted by Crippen LogP contribution is 2.39. The van der Waals surface area contributed by atoms with Crippen molar-refractivity contribution in [3.8, 4) is 45.5 Å². The van der Waals surface area contributed by atoms with Crippen molar-refractivity contribution < 1.29 is 19.1 Å². The van der Waals surface area contributed by atoms with Crippen LogP contribution in [0.3, 0.4) is 0 Å². The maximum Gasteiger partial charge on any atom is 0.247 e. The fraction of sp³-hybridized carbons (Fsp3) is 0.167. The molecule has 0 saturated heterocycles. The maximum atomic E-state index is 12.4. The van der Waals surface area contributed by atoms with Crippen LogP contribution in [-0.4, -0.2) is 77.2 Å². The Morgan fingerprint density at radius 1 is 1.04 bits per heavy atom. The molecule has 0 aliphatic carbocycles. The number of para-hydroxylation sites is 1. The summed E-state index contributed by atoms with van der Waals surface area (Å²) in [6.07, 6.45) is 4.51. The number of hydrogen-bond donors (Lipinski definition) is 4. The van der Waals surface area contributed by atoms with Gasteiger partial charge in [0.1, 0.15) is 22.9 Å². The number of aromatic nitrogens is 4. The van der Waals surface area contributed by atoms with Gasteiger partial charge in [-0.05, 0) is 56.6 Å². The lowest BCUT2D eigenvalue weighted by atomic mass is 10.1. The number of imidazole rings is 1. The minimum absolute atomic E-state index is 0.0955. The van der Waals surface area contributed by atoms with Gasteiger partial charge >= 0.3 is 0 Å². The van der Waals surface area contributed by atoms with E-state index < -0.39 is 0 Å². The lowest BCUT2D eigenvalue weighted by Crippen LogP contribution is -2.29. The molecule has 0 aliphatic heterocycles. The van der Waals surface area contributed by atoms with E-state index in [1.54, 1.807) is 49.9 Å². The number of aromatic amines is 1. The second kappa shape index (κ2) is 13.7. The number of phenols is 1. The molecule has 12 nitrogen and oxygen atoms in total. The molecule has 0 radical (unpaired) electrons. The molecule has 3 heterocycles. The Morgan fingerprint density at radius 2 is 1.88 bits per heavy atom. The lowest BCUT2D eigenvalue weighted by molar-refractivity contribution is -0.111. The van der Waals surface area contributed by atoms with Crippen molar-refractivity contribution in [3.63, 3.8) is 0 Å². The minimum atomic E-state index is -0.341. The summed E-state index contributed by atoms with van der Waals surface area (Å²) in [6, 6.07) is 20.2. The summed E-state index contributed by atoms with van der Waals surface area (Å²) >= 11 is 0. The number of methoxy groups -OCH3 is 1. The topological polar surface area (TPSA) is 145 Å². The van der Waals surface area contributed by atoms with Gasteiger partial charge in [0.2, 0.25) is 11.9 Å². The molecule has 0 unspecified atom stereocenters. The van der Waals surface area contributed by atoms with Gasteiger partial charge in [0.05, 0.1) is 53.1 Å². The molecule has 1 amide bonds. The summed E-state index contributed by atoms with van der Waals surface area (Å²) in [6.45, 7) is 5.13. The van der Waals surface area contributed by atoms with Crippen LogP contribution in [0.2, 0.25) is 0 Å². The Bertz CT molecular complexity index is 2100. The number of carbonyl (C=O) groups is 1. The van der Waals surface area contributed by atoms with E-state index >= 15 is 0 Å². The fourth-order valence-corrected chi connectivity index (χ4v) is 5.26. The molecule has 0 fully saturated rings. The first-order chi connectivity index (χ1) is 23.2. The van der Waals surface area contributed by atoms with Gasteiger partial charge in [-0.2, -0.15) is 0 Å². The van der Waals surface area contributed by atoms with Crippen molar-refractivity contribution in [3.05, 3.63) is 91.8 Å². The maximum absolute atomic E-state index is 12.4. The fourth-order valence-electron chi connectivity index (χ4n) is 5.26. The molecular weight excluding hydrogens is 608 g/mol. The number of rotatable bonds is 12. The molecule has 3 aromatic heterocycles. The largest absolute Gasteiger partial charge is 0.507 e. The first-order valence-corrected chi connectivity index (χ1v) is 15.2. The summed E-state index contributed by atoms with van der Waals surface area (Å²) in [5.41, 5.74) is 5.74. The molecule has 0 spiro atoms. The number of anilines is 4. The Kier molecular flexibility index (Phi) is 9.08. The number of ether oxygens (including phenoxy) is 1. The van der Waals surface area contributed by atoms with E-state index in [1.165, 1.54) is 6.08 Å². The molecule has 0 atom stereocenters. The van der Waals surface area contributed by atoms with Crippen LogP contribution in [-0.2, 0) is 4.79 Å². The number of furan rings is 1. The Balaban J connectivity index is 1.41. The molecule has 0 bridgehead atoms. The van der Waals surface area contributed by atoms with E-state index in [9.17, 15) is 9.90 Å². The smallest absolute Gasteiger partial charge is 0.247 e. The number of phenolic OH excluding ortho intramolecular Hbond substituents is 1. The second-order valence-electron chi connectivity index (χ2n) is 11.4. The van der Waals surface area contributed by atoms with Gasteiger partial charge < -0.3 is 39.7 Å². The average Bonchev–Trinajstić information content (AvgIpc) is 3.75. The van der Waals surface area contributed by atoms with Crippen LogP contribution in [0.1, 0.15) is 0 Å². The number of H-pyrrole nitrogens is 1. The number of benzene rings is 3. The van der Waals surface area contributed by atoms with Gasteiger partial charge in [-0.15, -0.1) is 0 Å². The molecule has 4 N–H and O–H groups in total. The zero-order valence-electron chi connectivity index (χ0n) is 27.1. The van der Waals surface area contributed by atoms with E-state index in [0.29, 0.717) is 52.1 Å².